The van der Waals surface area contributed by atoms with Crippen molar-refractivity contribution in [3.05, 3.63) is 74.1 Å². The van der Waals surface area contributed by atoms with E-state index in [-0.39, 0.29) is 51.0 Å². The number of methoxy groups -OCH3 is 2. The van der Waals surface area contributed by atoms with Gasteiger partial charge >= 0.3 is 11.9 Å². The Labute approximate surface area is 271 Å². The van der Waals surface area contributed by atoms with Crippen LogP contribution >= 0.6 is 0 Å². The van der Waals surface area contributed by atoms with Gasteiger partial charge in [0.25, 0.3) is 5.91 Å². The molecule has 0 bridgehead atoms. The zero-order chi connectivity index (χ0) is 34.6. The van der Waals surface area contributed by atoms with Crippen molar-refractivity contribution in [2.45, 2.75) is 45.4 Å². The molecule has 0 saturated carbocycles. The maximum absolute atomic E-state index is 14.3. The molecule has 1 aliphatic carbocycles. The molecule has 2 atom stereocenters. The monoisotopic (exact) mass is 655 g/mol. The van der Waals surface area contributed by atoms with Crippen LogP contribution in [-0.4, -0.2) is 71.5 Å². The van der Waals surface area contributed by atoms with Crippen LogP contribution < -0.4 is 14.9 Å². The topological polar surface area (TPSA) is 176 Å². The van der Waals surface area contributed by atoms with Crippen LogP contribution in [0.15, 0.2) is 39.5 Å². The molecule has 1 fully saturated rings. The SMILES string of the molecule is COc1cc2oc3c(c(=O)c2cc1OC)C(=O)c1c(ccc2cc4c(c(O)c12)C(=O)N1C(C)(C4)OC(=O)C1(C)COC(=O)C(C)C)C3=O. The third kappa shape index (κ3) is 3.96. The van der Waals surface area contributed by atoms with E-state index in [1.165, 1.54) is 45.4 Å². The van der Waals surface area contributed by atoms with Crippen molar-refractivity contribution >= 4 is 51.2 Å². The predicted octanol–water partition coefficient (Wildman–Crippen LogP) is 3.67. The highest BCUT2D eigenvalue weighted by molar-refractivity contribution is 6.32. The van der Waals surface area contributed by atoms with E-state index >= 15 is 0 Å². The van der Waals surface area contributed by atoms with Gasteiger partial charge in [0, 0.05) is 29.0 Å². The first-order valence-corrected chi connectivity index (χ1v) is 15.0. The number of carbonyl (C=O) groups is 5. The molecule has 13 heteroatoms. The van der Waals surface area contributed by atoms with Crippen LogP contribution in [0.3, 0.4) is 0 Å². The van der Waals surface area contributed by atoms with Crippen molar-refractivity contribution in [3.63, 3.8) is 0 Å². The van der Waals surface area contributed by atoms with Gasteiger partial charge in [0.15, 0.2) is 28.5 Å². The first-order chi connectivity index (χ1) is 22.7. The molecule has 13 nitrogen and oxygen atoms in total. The Balaban J connectivity index is 1.41. The van der Waals surface area contributed by atoms with Crippen LogP contribution in [0.2, 0.25) is 0 Å². The van der Waals surface area contributed by atoms with E-state index < -0.39 is 75.7 Å². The summed E-state index contributed by atoms with van der Waals surface area (Å²) in [5.41, 5.74) is -4.87. The zero-order valence-corrected chi connectivity index (χ0v) is 26.8. The van der Waals surface area contributed by atoms with Gasteiger partial charge in [-0.05, 0) is 43.0 Å². The van der Waals surface area contributed by atoms with Gasteiger partial charge in [-0.2, -0.15) is 0 Å². The fourth-order valence-electron chi connectivity index (χ4n) is 6.96. The summed E-state index contributed by atoms with van der Waals surface area (Å²) in [6, 6.07) is 7.19. The number of hydrogen-bond donors (Lipinski definition) is 1. The van der Waals surface area contributed by atoms with Crippen molar-refractivity contribution in [3.8, 4) is 17.2 Å². The van der Waals surface area contributed by atoms with Crippen molar-refractivity contribution in [2.75, 3.05) is 20.8 Å². The first kappa shape index (κ1) is 30.9. The van der Waals surface area contributed by atoms with Gasteiger partial charge in [0.2, 0.25) is 17.0 Å². The molecule has 1 saturated heterocycles. The second-order valence-electron chi connectivity index (χ2n) is 12.8. The highest BCUT2D eigenvalue weighted by atomic mass is 16.6. The highest BCUT2D eigenvalue weighted by Gasteiger charge is 2.64. The number of aromatic hydroxyl groups is 1. The Morgan fingerprint density at radius 3 is 2.31 bits per heavy atom. The molecule has 1 amide bonds. The minimum absolute atomic E-state index is 0.00291. The molecule has 4 aromatic rings. The fourth-order valence-corrected chi connectivity index (χ4v) is 6.96. The second-order valence-corrected chi connectivity index (χ2v) is 12.8. The number of fused-ring (bicyclic) bond motifs is 7. The Bertz CT molecular complexity index is 2270. The van der Waals surface area contributed by atoms with E-state index in [0.717, 1.165) is 4.90 Å². The minimum Gasteiger partial charge on any atom is -0.506 e. The molecule has 0 spiro atoms. The quantitative estimate of drug-likeness (QED) is 0.272. The van der Waals surface area contributed by atoms with Crippen molar-refractivity contribution in [1.82, 2.24) is 4.90 Å². The number of esters is 2. The van der Waals surface area contributed by atoms with Crippen LogP contribution in [0, 0.1) is 5.92 Å². The number of nitrogens with zero attached hydrogens (tertiary/aromatic N) is 1. The Kier molecular flexibility index (Phi) is 6.53. The lowest BCUT2D eigenvalue weighted by molar-refractivity contribution is -0.155. The number of rotatable bonds is 5. The second kappa shape index (κ2) is 10.1. The molecule has 3 heterocycles. The third-order valence-corrected chi connectivity index (χ3v) is 9.28. The maximum atomic E-state index is 14.3. The molecule has 3 aromatic carbocycles. The number of phenols is 1. The Hall–Kier alpha value is -5.72. The summed E-state index contributed by atoms with van der Waals surface area (Å²) in [5, 5.41) is 12.0. The minimum atomic E-state index is -1.74. The summed E-state index contributed by atoms with van der Waals surface area (Å²) in [5.74, 6) is -5.00. The number of ketones is 2. The first-order valence-electron chi connectivity index (χ1n) is 15.0. The van der Waals surface area contributed by atoms with Crippen LogP contribution in [0.1, 0.15) is 75.7 Å². The summed E-state index contributed by atoms with van der Waals surface area (Å²) >= 11 is 0. The molecule has 48 heavy (non-hydrogen) atoms. The summed E-state index contributed by atoms with van der Waals surface area (Å²) < 4.78 is 27.5. The number of phenolic OH excluding ortho intramolecular Hbond substituents is 1. The van der Waals surface area contributed by atoms with Gasteiger partial charge in [0.1, 0.15) is 23.5 Å². The van der Waals surface area contributed by atoms with E-state index in [2.05, 4.69) is 0 Å². The number of hydrogen-bond acceptors (Lipinski definition) is 12. The molecule has 1 N–H and O–H groups in total. The van der Waals surface area contributed by atoms with Crippen LogP contribution in [-0.2, 0) is 25.5 Å². The molecule has 0 radical (unpaired) electrons. The summed E-state index contributed by atoms with van der Waals surface area (Å²) in [7, 11) is 2.77. The van der Waals surface area contributed by atoms with Crippen molar-refractivity contribution in [2.24, 2.45) is 5.92 Å². The van der Waals surface area contributed by atoms with Crippen molar-refractivity contribution in [1.29, 1.82) is 0 Å². The summed E-state index contributed by atoms with van der Waals surface area (Å²) in [4.78, 5) is 82.8. The predicted molar refractivity (Wildman–Crippen MR) is 167 cm³/mol. The van der Waals surface area contributed by atoms with Gasteiger partial charge in [0.05, 0.1) is 31.1 Å². The molecule has 2 aliphatic heterocycles. The molecular formula is C35H29NO12. The smallest absolute Gasteiger partial charge is 0.337 e. The number of benzene rings is 3. The fraction of sp³-hybridized carbons (Fsp3) is 0.314. The highest BCUT2D eigenvalue weighted by Crippen LogP contribution is 2.48. The summed E-state index contributed by atoms with van der Waals surface area (Å²) in [6.45, 7) is 5.71. The molecule has 1 aromatic heterocycles. The molecule has 2 unspecified atom stereocenters. The molecule has 7 rings (SSSR count). The Morgan fingerprint density at radius 2 is 1.65 bits per heavy atom. The van der Waals surface area contributed by atoms with Crippen LogP contribution in [0.4, 0.5) is 0 Å². The van der Waals surface area contributed by atoms with Gasteiger partial charge in [-0.15, -0.1) is 0 Å². The van der Waals surface area contributed by atoms with Gasteiger partial charge in [-0.1, -0.05) is 19.9 Å². The lowest BCUT2D eigenvalue weighted by Gasteiger charge is -2.42. The number of amides is 1. The van der Waals surface area contributed by atoms with E-state index in [0.29, 0.717) is 10.9 Å². The molecule has 246 valence electrons. The van der Waals surface area contributed by atoms with Gasteiger partial charge in [-0.3, -0.25) is 28.9 Å². The van der Waals surface area contributed by atoms with Gasteiger partial charge < -0.3 is 28.5 Å². The standard InChI is InChI=1S/C35H29NO12/c1-14(2)32(42)46-13-34(3)33(43)48-35(4)12-16-9-15-7-8-17-24(22(15)28(39)23(16)31(41)36(34)35)29(40)25-26(37)18-10-20(44-5)21(45-6)11-19(18)47-30(25)27(17)38/h7-11,14,39H,12-13H2,1-6H3. The van der Waals surface area contributed by atoms with E-state index in [4.69, 9.17) is 23.4 Å². The number of ether oxygens (including phenoxy) is 4. The zero-order valence-electron chi connectivity index (χ0n) is 26.8. The van der Waals surface area contributed by atoms with E-state index in [1.807, 2.05) is 0 Å². The average Bonchev–Trinajstić information content (AvgIpc) is 3.25. The van der Waals surface area contributed by atoms with Gasteiger partial charge in [-0.25, -0.2) is 4.79 Å². The average molecular weight is 656 g/mol. The third-order valence-electron chi connectivity index (χ3n) is 9.28. The summed E-state index contributed by atoms with van der Waals surface area (Å²) in [6.07, 6.45) is -0.0370. The lowest BCUT2D eigenvalue weighted by atomic mass is 9.80. The van der Waals surface area contributed by atoms with Crippen LogP contribution in [0.5, 0.6) is 17.2 Å². The molecular weight excluding hydrogens is 626 g/mol. The lowest BCUT2D eigenvalue weighted by Crippen LogP contribution is -2.61. The molecule has 3 aliphatic rings. The van der Waals surface area contributed by atoms with Crippen LogP contribution in [0.25, 0.3) is 21.7 Å². The Morgan fingerprint density at radius 1 is 0.958 bits per heavy atom. The largest absolute Gasteiger partial charge is 0.506 e. The normalized spacial score (nSPS) is 21.2. The van der Waals surface area contributed by atoms with E-state index in [1.54, 1.807) is 26.8 Å². The van der Waals surface area contributed by atoms with Crippen molar-refractivity contribution < 1.29 is 52.4 Å². The number of carbonyl (C=O) groups excluding carboxylic acids is 5. The van der Waals surface area contributed by atoms with E-state index in [9.17, 15) is 33.9 Å². The maximum Gasteiger partial charge on any atom is 0.337 e.